The van der Waals surface area contributed by atoms with Crippen molar-refractivity contribution < 1.29 is 9.53 Å². The summed E-state index contributed by atoms with van der Waals surface area (Å²) in [7, 11) is 1.62. The van der Waals surface area contributed by atoms with E-state index in [2.05, 4.69) is 5.10 Å². The van der Waals surface area contributed by atoms with Gasteiger partial charge in [-0.25, -0.2) is 0 Å². The van der Waals surface area contributed by atoms with Crippen molar-refractivity contribution in [2.75, 3.05) is 7.11 Å². The van der Waals surface area contributed by atoms with Crippen molar-refractivity contribution in [2.45, 2.75) is 26.3 Å². The van der Waals surface area contributed by atoms with E-state index in [1.54, 1.807) is 13.3 Å². The van der Waals surface area contributed by atoms with Crippen LogP contribution in [0.1, 0.15) is 29.4 Å². The molecule has 0 spiro atoms. The van der Waals surface area contributed by atoms with Crippen LogP contribution < -0.4 is 4.74 Å². The minimum Gasteiger partial charge on any atom is -0.493 e. The van der Waals surface area contributed by atoms with Crippen LogP contribution in [0.15, 0.2) is 36.5 Å². The van der Waals surface area contributed by atoms with Crippen LogP contribution in [-0.4, -0.2) is 22.7 Å². The minimum atomic E-state index is 0.145. The molecule has 0 amide bonds. The Balaban J connectivity index is 2.06. The van der Waals surface area contributed by atoms with E-state index >= 15 is 0 Å². The van der Waals surface area contributed by atoms with Crippen molar-refractivity contribution >= 4 is 5.78 Å². The van der Waals surface area contributed by atoms with Gasteiger partial charge in [0.2, 0.25) is 0 Å². The molecule has 100 valence electrons. The standard InChI is InChI=1S/C15H18N2O2/c1-3-17-13(15(19-2)11-16-17)9-10-14(18)12-7-5-4-6-8-12/h4-8,11H,3,9-10H2,1-2H3. The van der Waals surface area contributed by atoms with Crippen molar-refractivity contribution in [3.8, 4) is 5.75 Å². The molecule has 0 saturated heterocycles. The number of hydrogen-bond donors (Lipinski definition) is 0. The highest BCUT2D eigenvalue weighted by molar-refractivity contribution is 5.96. The van der Waals surface area contributed by atoms with Gasteiger partial charge in [-0.15, -0.1) is 0 Å². The van der Waals surface area contributed by atoms with E-state index in [-0.39, 0.29) is 5.78 Å². The van der Waals surface area contributed by atoms with E-state index in [1.165, 1.54) is 0 Å². The summed E-state index contributed by atoms with van der Waals surface area (Å²) in [6, 6.07) is 9.35. The van der Waals surface area contributed by atoms with E-state index in [4.69, 9.17) is 4.74 Å². The number of methoxy groups -OCH3 is 1. The lowest BCUT2D eigenvalue weighted by atomic mass is 10.1. The van der Waals surface area contributed by atoms with E-state index < -0.39 is 0 Å². The van der Waals surface area contributed by atoms with Crippen molar-refractivity contribution in [3.63, 3.8) is 0 Å². The molecule has 2 rings (SSSR count). The molecule has 0 N–H and O–H groups in total. The van der Waals surface area contributed by atoms with Crippen LogP contribution >= 0.6 is 0 Å². The number of ketones is 1. The van der Waals surface area contributed by atoms with Gasteiger partial charge in [-0.3, -0.25) is 9.48 Å². The second-order valence-electron chi connectivity index (χ2n) is 4.26. The zero-order valence-corrected chi connectivity index (χ0v) is 11.3. The third kappa shape index (κ3) is 3.02. The van der Waals surface area contributed by atoms with Crippen LogP contribution in [0, 0.1) is 0 Å². The van der Waals surface area contributed by atoms with Gasteiger partial charge in [0.1, 0.15) is 0 Å². The summed E-state index contributed by atoms with van der Waals surface area (Å²) >= 11 is 0. The zero-order chi connectivity index (χ0) is 13.7. The molecule has 0 atom stereocenters. The van der Waals surface area contributed by atoms with E-state index in [0.29, 0.717) is 12.8 Å². The first-order valence-electron chi connectivity index (χ1n) is 6.43. The average molecular weight is 258 g/mol. The molecule has 4 nitrogen and oxygen atoms in total. The molecule has 4 heteroatoms. The number of Topliss-reactive ketones (excluding diaryl/α,β-unsaturated/α-hetero) is 1. The van der Waals surface area contributed by atoms with Gasteiger partial charge in [-0.05, 0) is 6.92 Å². The molecular weight excluding hydrogens is 240 g/mol. The maximum Gasteiger partial charge on any atom is 0.163 e. The lowest BCUT2D eigenvalue weighted by Crippen LogP contribution is -2.07. The van der Waals surface area contributed by atoms with Crippen LogP contribution in [0.4, 0.5) is 0 Å². The number of benzene rings is 1. The fourth-order valence-electron chi connectivity index (χ4n) is 2.09. The predicted molar refractivity (Wildman–Crippen MR) is 73.5 cm³/mol. The second-order valence-corrected chi connectivity index (χ2v) is 4.26. The SMILES string of the molecule is CCn1ncc(OC)c1CCC(=O)c1ccccc1. The first kappa shape index (κ1) is 13.3. The molecule has 0 unspecified atom stereocenters. The van der Waals surface area contributed by atoms with Gasteiger partial charge in [-0.2, -0.15) is 5.10 Å². The molecule has 1 aromatic heterocycles. The summed E-state index contributed by atoms with van der Waals surface area (Å²) in [6.45, 7) is 2.80. The number of nitrogens with zero attached hydrogens (tertiary/aromatic N) is 2. The third-order valence-corrected chi connectivity index (χ3v) is 3.11. The Labute approximate surface area is 113 Å². The zero-order valence-electron chi connectivity index (χ0n) is 11.3. The highest BCUT2D eigenvalue weighted by atomic mass is 16.5. The largest absolute Gasteiger partial charge is 0.493 e. The third-order valence-electron chi connectivity index (χ3n) is 3.11. The lowest BCUT2D eigenvalue weighted by molar-refractivity contribution is 0.0982. The maximum absolute atomic E-state index is 12.1. The Morgan fingerprint density at radius 3 is 2.68 bits per heavy atom. The van der Waals surface area contributed by atoms with Crippen LogP contribution in [0.25, 0.3) is 0 Å². The van der Waals surface area contributed by atoms with Gasteiger partial charge < -0.3 is 4.74 Å². The van der Waals surface area contributed by atoms with Crippen molar-refractivity contribution in [1.29, 1.82) is 0 Å². The van der Waals surface area contributed by atoms with Gasteiger partial charge in [0.25, 0.3) is 0 Å². The van der Waals surface area contributed by atoms with Gasteiger partial charge in [0.15, 0.2) is 11.5 Å². The molecular formula is C15H18N2O2. The Bertz CT molecular complexity index is 525. The van der Waals surface area contributed by atoms with Gasteiger partial charge >= 0.3 is 0 Å². The smallest absolute Gasteiger partial charge is 0.163 e. The molecule has 0 saturated carbocycles. The first-order chi connectivity index (χ1) is 9.26. The quantitative estimate of drug-likeness (QED) is 0.748. The number of carbonyl (C=O) groups excluding carboxylic acids is 1. The Morgan fingerprint density at radius 1 is 1.32 bits per heavy atom. The molecule has 1 aromatic carbocycles. The van der Waals surface area contributed by atoms with E-state index in [0.717, 1.165) is 23.6 Å². The molecule has 0 aliphatic carbocycles. The summed E-state index contributed by atoms with van der Waals surface area (Å²) in [5.74, 6) is 0.897. The highest BCUT2D eigenvalue weighted by Crippen LogP contribution is 2.20. The van der Waals surface area contributed by atoms with Crippen LogP contribution in [-0.2, 0) is 13.0 Å². The Hall–Kier alpha value is -2.10. The number of rotatable bonds is 6. The average Bonchev–Trinajstić information content (AvgIpc) is 2.87. The first-order valence-corrected chi connectivity index (χ1v) is 6.43. The van der Waals surface area contributed by atoms with E-state index in [1.807, 2.05) is 41.9 Å². The topological polar surface area (TPSA) is 44.1 Å². The normalized spacial score (nSPS) is 10.4. The molecule has 0 bridgehead atoms. The highest BCUT2D eigenvalue weighted by Gasteiger charge is 2.13. The molecule has 0 fully saturated rings. The maximum atomic E-state index is 12.1. The number of hydrogen-bond acceptors (Lipinski definition) is 3. The minimum absolute atomic E-state index is 0.145. The predicted octanol–water partition coefficient (Wildman–Crippen LogP) is 2.73. The number of aromatic nitrogens is 2. The Morgan fingerprint density at radius 2 is 2.05 bits per heavy atom. The van der Waals surface area contributed by atoms with Crippen molar-refractivity contribution in [1.82, 2.24) is 9.78 Å². The number of carbonyl (C=O) groups is 1. The molecule has 2 aromatic rings. The van der Waals surface area contributed by atoms with E-state index in [9.17, 15) is 4.79 Å². The summed E-state index contributed by atoms with van der Waals surface area (Å²) < 4.78 is 7.14. The van der Waals surface area contributed by atoms with Crippen molar-refractivity contribution in [2.24, 2.45) is 0 Å². The van der Waals surface area contributed by atoms with Gasteiger partial charge in [0.05, 0.1) is 19.0 Å². The Kier molecular flexibility index (Phi) is 4.34. The molecule has 19 heavy (non-hydrogen) atoms. The summed E-state index contributed by atoms with van der Waals surface area (Å²) in [4.78, 5) is 12.1. The second kappa shape index (κ2) is 6.18. The van der Waals surface area contributed by atoms with Crippen LogP contribution in [0.2, 0.25) is 0 Å². The molecule has 1 heterocycles. The summed E-state index contributed by atoms with van der Waals surface area (Å²) in [5.41, 5.74) is 1.73. The number of ether oxygens (including phenoxy) is 1. The molecule has 0 aliphatic rings. The number of aryl methyl sites for hydroxylation is 1. The molecule has 0 aliphatic heterocycles. The van der Waals surface area contributed by atoms with Gasteiger partial charge in [0, 0.05) is 24.9 Å². The molecule has 0 radical (unpaired) electrons. The lowest BCUT2D eigenvalue weighted by Gasteiger charge is -2.07. The van der Waals surface area contributed by atoms with Crippen molar-refractivity contribution in [3.05, 3.63) is 47.8 Å². The van der Waals surface area contributed by atoms with Crippen LogP contribution in [0.3, 0.4) is 0 Å². The van der Waals surface area contributed by atoms with Crippen LogP contribution in [0.5, 0.6) is 5.75 Å². The fraction of sp³-hybridized carbons (Fsp3) is 0.333. The summed E-state index contributed by atoms with van der Waals surface area (Å²) in [5, 5.41) is 4.24. The fourth-order valence-corrected chi connectivity index (χ4v) is 2.09. The van der Waals surface area contributed by atoms with Gasteiger partial charge in [-0.1, -0.05) is 30.3 Å². The summed E-state index contributed by atoms with van der Waals surface area (Å²) in [6.07, 6.45) is 2.81. The monoisotopic (exact) mass is 258 g/mol.